The highest BCUT2D eigenvalue weighted by Gasteiger charge is 2.57. The summed E-state index contributed by atoms with van der Waals surface area (Å²) in [4.78, 5) is 32.4. The highest BCUT2D eigenvalue weighted by atomic mass is 16.6. The fourth-order valence-electron chi connectivity index (χ4n) is 1.99. The van der Waals surface area contributed by atoms with Crippen LogP contribution in [0.1, 0.15) is 18.4 Å². The summed E-state index contributed by atoms with van der Waals surface area (Å²) in [5.41, 5.74) is -1.88. The van der Waals surface area contributed by atoms with Crippen molar-refractivity contribution in [1.82, 2.24) is 0 Å². The zero-order valence-corrected chi connectivity index (χ0v) is 11.0. The number of hydrogen-bond acceptors (Lipinski definition) is 6. The van der Waals surface area contributed by atoms with E-state index in [1.165, 1.54) is 12.1 Å². The summed E-state index contributed by atoms with van der Waals surface area (Å²) in [6.07, 6.45) is 0. The zero-order chi connectivity index (χ0) is 15.3. The topological polar surface area (TPSA) is 113 Å². The number of carbonyl (C=O) groups is 1. The van der Waals surface area contributed by atoms with E-state index in [9.17, 15) is 25.0 Å². The fraction of sp³-hybridized carbons (Fsp3) is 0.417. The lowest BCUT2D eigenvalue weighted by Crippen LogP contribution is -2.51. The van der Waals surface area contributed by atoms with Crippen LogP contribution in [0.15, 0.2) is 30.3 Å². The largest absolute Gasteiger partial charge is 0.464 e. The molecular weight excluding hydrogens is 268 g/mol. The number of nitro groups is 2. The van der Waals surface area contributed by atoms with E-state index in [0.717, 1.165) is 14.0 Å². The first kappa shape index (κ1) is 15.5. The number of rotatable bonds is 6. The molecule has 0 aromatic heterocycles. The molecule has 1 rings (SSSR count). The Morgan fingerprint density at radius 2 is 1.85 bits per heavy atom. The maximum absolute atomic E-state index is 11.8. The van der Waals surface area contributed by atoms with E-state index in [-0.39, 0.29) is 0 Å². The van der Waals surface area contributed by atoms with Gasteiger partial charge in [0, 0.05) is 16.8 Å². The molecule has 0 fully saturated rings. The van der Waals surface area contributed by atoms with Gasteiger partial charge in [-0.25, -0.2) is 4.79 Å². The molecule has 0 aliphatic carbocycles. The highest BCUT2D eigenvalue weighted by molar-refractivity contribution is 5.80. The second-order valence-electron chi connectivity index (χ2n) is 4.37. The van der Waals surface area contributed by atoms with Gasteiger partial charge in [0.1, 0.15) is 5.92 Å². The molecule has 1 aromatic carbocycles. The van der Waals surface area contributed by atoms with Gasteiger partial charge in [-0.15, -0.1) is 0 Å². The van der Waals surface area contributed by atoms with Gasteiger partial charge in [-0.2, -0.15) is 0 Å². The third-order valence-electron chi connectivity index (χ3n) is 3.19. The van der Waals surface area contributed by atoms with Crippen molar-refractivity contribution in [2.45, 2.75) is 18.4 Å². The first-order valence-electron chi connectivity index (χ1n) is 5.73. The number of hydrogen-bond donors (Lipinski definition) is 0. The Bertz CT molecular complexity index is 518. The molecule has 0 N–H and O–H groups in total. The smallest absolute Gasteiger partial charge is 0.385 e. The minimum absolute atomic E-state index is 0.341. The lowest BCUT2D eigenvalue weighted by molar-refractivity contribution is -0.570. The molecule has 1 aromatic rings. The van der Waals surface area contributed by atoms with Gasteiger partial charge >= 0.3 is 11.5 Å². The minimum Gasteiger partial charge on any atom is -0.464 e. The van der Waals surface area contributed by atoms with Gasteiger partial charge in [-0.3, -0.25) is 20.2 Å². The number of benzene rings is 1. The van der Waals surface area contributed by atoms with Gasteiger partial charge in [-0.1, -0.05) is 30.3 Å². The van der Waals surface area contributed by atoms with Crippen molar-refractivity contribution in [2.75, 3.05) is 13.7 Å². The second-order valence-corrected chi connectivity index (χ2v) is 4.37. The minimum atomic E-state index is -2.22. The van der Waals surface area contributed by atoms with E-state index in [1.54, 1.807) is 18.2 Å². The SMILES string of the molecule is COC(=O)C(C)(C(C[N+](=O)[O-])c1ccccc1)[N+](=O)[O-]. The summed E-state index contributed by atoms with van der Waals surface area (Å²) >= 11 is 0. The van der Waals surface area contributed by atoms with E-state index in [0.29, 0.717) is 5.56 Å². The van der Waals surface area contributed by atoms with E-state index in [4.69, 9.17) is 0 Å². The number of ether oxygens (including phenoxy) is 1. The van der Waals surface area contributed by atoms with Gasteiger partial charge in [0.05, 0.1) is 7.11 Å². The molecule has 8 nitrogen and oxygen atoms in total. The van der Waals surface area contributed by atoms with Crippen molar-refractivity contribution >= 4 is 5.97 Å². The fourth-order valence-corrected chi connectivity index (χ4v) is 1.99. The third kappa shape index (κ3) is 2.90. The standard InChI is InChI=1S/C12H14N2O6/c1-12(14(18)19,11(15)20-2)10(8-13(16)17)9-6-4-3-5-7-9/h3-7,10H,8H2,1-2H3. The monoisotopic (exact) mass is 282 g/mol. The maximum atomic E-state index is 11.8. The quantitative estimate of drug-likeness (QED) is 0.441. The Kier molecular flexibility index (Phi) is 4.73. The Balaban J connectivity index is 3.37. The molecule has 8 heteroatoms. The van der Waals surface area contributed by atoms with Crippen LogP contribution in [0.25, 0.3) is 0 Å². The third-order valence-corrected chi connectivity index (χ3v) is 3.19. The molecule has 0 bridgehead atoms. The Morgan fingerprint density at radius 1 is 1.30 bits per heavy atom. The van der Waals surface area contributed by atoms with Crippen LogP contribution in [0.2, 0.25) is 0 Å². The predicted molar refractivity (Wildman–Crippen MR) is 68.5 cm³/mol. The van der Waals surface area contributed by atoms with Gasteiger partial charge < -0.3 is 4.74 Å². The lowest BCUT2D eigenvalue weighted by atomic mass is 9.81. The van der Waals surface area contributed by atoms with Crippen LogP contribution in [0, 0.1) is 20.2 Å². The van der Waals surface area contributed by atoms with E-state index >= 15 is 0 Å². The van der Waals surface area contributed by atoms with Crippen LogP contribution >= 0.6 is 0 Å². The lowest BCUT2D eigenvalue weighted by Gasteiger charge is -2.25. The van der Waals surface area contributed by atoms with Crippen LogP contribution in [0.3, 0.4) is 0 Å². The van der Waals surface area contributed by atoms with Crippen LogP contribution in [0.5, 0.6) is 0 Å². The van der Waals surface area contributed by atoms with Crippen LogP contribution < -0.4 is 0 Å². The number of esters is 1. The van der Waals surface area contributed by atoms with Crippen molar-refractivity contribution < 1.29 is 19.4 Å². The number of methoxy groups -OCH3 is 1. The molecule has 2 unspecified atom stereocenters. The van der Waals surface area contributed by atoms with Crippen molar-refractivity contribution in [1.29, 1.82) is 0 Å². The zero-order valence-electron chi connectivity index (χ0n) is 11.0. The van der Waals surface area contributed by atoms with Gasteiger partial charge in [0.2, 0.25) is 6.54 Å². The summed E-state index contributed by atoms with van der Waals surface area (Å²) in [7, 11) is 1.01. The first-order chi connectivity index (χ1) is 9.33. The van der Waals surface area contributed by atoms with Crippen molar-refractivity contribution in [3.63, 3.8) is 0 Å². The van der Waals surface area contributed by atoms with E-state index in [2.05, 4.69) is 4.74 Å². The van der Waals surface area contributed by atoms with Crippen molar-refractivity contribution in [2.24, 2.45) is 0 Å². The number of nitrogens with zero attached hydrogens (tertiary/aromatic N) is 2. The average molecular weight is 282 g/mol. The van der Waals surface area contributed by atoms with Crippen LogP contribution in [0.4, 0.5) is 0 Å². The first-order valence-corrected chi connectivity index (χ1v) is 5.73. The summed E-state index contributed by atoms with van der Waals surface area (Å²) in [6.45, 7) is 0.302. The molecule has 0 saturated carbocycles. The molecular formula is C12H14N2O6. The predicted octanol–water partition coefficient (Wildman–Crippen LogP) is 1.26. The molecule has 0 aliphatic rings. The van der Waals surface area contributed by atoms with Crippen molar-refractivity contribution in [3.8, 4) is 0 Å². The van der Waals surface area contributed by atoms with Crippen LogP contribution in [-0.2, 0) is 9.53 Å². The molecule has 0 radical (unpaired) electrons. The Labute approximate surface area is 114 Å². The Hall–Kier alpha value is -2.51. The van der Waals surface area contributed by atoms with Crippen molar-refractivity contribution in [3.05, 3.63) is 56.1 Å². The molecule has 0 amide bonds. The van der Waals surface area contributed by atoms with Gasteiger partial charge in [0.15, 0.2) is 0 Å². The number of carbonyl (C=O) groups excluding carboxylic acids is 1. The molecule has 0 spiro atoms. The highest BCUT2D eigenvalue weighted by Crippen LogP contribution is 2.32. The molecule has 0 saturated heterocycles. The summed E-state index contributed by atoms with van der Waals surface area (Å²) in [5.74, 6) is -2.33. The van der Waals surface area contributed by atoms with Gasteiger partial charge in [-0.05, 0) is 5.56 Å². The van der Waals surface area contributed by atoms with E-state index in [1.807, 2.05) is 0 Å². The average Bonchev–Trinajstić information content (AvgIpc) is 2.43. The van der Waals surface area contributed by atoms with E-state index < -0.39 is 33.8 Å². The summed E-state index contributed by atoms with van der Waals surface area (Å²) in [6, 6.07) is 7.89. The summed E-state index contributed by atoms with van der Waals surface area (Å²) in [5, 5.41) is 22.1. The molecule has 20 heavy (non-hydrogen) atoms. The molecule has 108 valence electrons. The van der Waals surface area contributed by atoms with Gasteiger partial charge in [0.25, 0.3) is 0 Å². The normalized spacial score (nSPS) is 14.9. The van der Waals surface area contributed by atoms with Crippen LogP contribution in [-0.4, -0.2) is 35.0 Å². The molecule has 2 atom stereocenters. The summed E-state index contributed by atoms with van der Waals surface area (Å²) < 4.78 is 4.46. The maximum Gasteiger partial charge on any atom is 0.385 e. The second kappa shape index (κ2) is 6.09. The molecule has 0 aliphatic heterocycles. The Morgan fingerprint density at radius 3 is 2.25 bits per heavy atom. The molecule has 0 heterocycles.